The molecule has 1 fully saturated rings. The average Bonchev–Trinajstić information content (AvgIpc) is 2.20. The SMILES string of the molecule is CC1=C2C[C@H](C(C)C)C[C@H](O)[C@@]2(C)CCC1. The Kier molecular flexibility index (Phi) is 3.18. The lowest BCUT2D eigenvalue weighted by molar-refractivity contribution is -0.00188. The highest BCUT2D eigenvalue weighted by atomic mass is 16.3. The van der Waals surface area contributed by atoms with Crippen LogP contribution in [0.2, 0.25) is 0 Å². The molecule has 0 bridgehead atoms. The highest BCUT2D eigenvalue weighted by Gasteiger charge is 2.44. The van der Waals surface area contributed by atoms with E-state index < -0.39 is 0 Å². The van der Waals surface area contributed by atoms with E-state index in [1.54, 1.807) is 11.1 Å². The molecular weight excluding hydrogens is 196 g/mol. The van der Waals surface area contributed by atoms with Crippen molar-refractivity contribution in [2.24, 2.45) is 17.3 Å². The van der Waals surface area contributed by atoms with Crippen LogP contribution >= 0.6 is 0 Å². The molecule has 0 heterocycles. The Hall–Kier alpha value is -0.300. The highest BCUT2D eigenvalue weighted by molar-refractivity contribution is 5.27. The third-order valence-corrected chi connectivity index (χ3v) is 5.12. The lowest BCUT2D eigenvalue weighted by Gasteiger charge is -2.48. The number of rotatable bonds is 1. The normalized spacial score (nSPS) is 40.1. The van der Waals surface area contributed by atoms with Gasteiger partial charge in [0.15, 0.2) is 0 Å². The molecule has 2 rings (SSSR count). The van der Waals surface area contributed by atoms with Crippen molar-refractivity contribution in [1.82, 2.24) is 0 Å². The molecule has 1 saturated carbocycles. The fraction of sp³-hybridized carbons (Fsp3) is 0.867. The minimum Gasteiger partial charge on any atom is -0.392 e. The topological polar surface area (TPSA) is 20.2 Å². The second-order valence-corrected chi connectivity index (χ2v) is 6.49. The largest absolute Gasteiger partial charge is 0.392 e. The Labute approximate surface area is 99.9 Å². The Bertz CT molecular complexity index is 303. The molecule has 1 heteroatoms. The molecule has 0 saturated heterocycles. The number of fused-ring (bicyclic) bond motifs is 1. The molecule has 0 aliphatic heterocycles. The molecule has 0 radical (unpaired) electrons. The summed E-state index contributed by atoms with van der Waals surface area (Å²) in [6.07, 6.45) is 5.82. The zero-order valence-corrected chi connectivity index (χ0v) is 11.2. The summed E-state index contributed by atoms with van der Waals surface area (Å²) in [5, 5.41) is 10.5. The summed E-state index contributed by atoms with van der Waals surface area (Å²) in [6, 6.07) is 0. The first kappa shape index (κ1) is 12.2. The van der Waals surface area contributed by atoms with Gasteiger partial charge in [0.05, 0.1) is 6.10 Å². The predicted octanol–water partition coefficient (Wildman–Crippen LogP) is 3.92. The van der Waals surface area contributed by atoms with Crippen LogP contribution in [0, 0.1) is 17.3 Å². The van der Waals surface area contributed by atoms with Crippen molar-refractivity contribution in [2.75, 3.05) is 0 Å². The van der Waals surface area contributed by atoms with E-state index in [4.69, 9.17) is 0 Å². The average molecular weight is 222 g/mol. The van der Waals surface area contributed by atoms with Gasteiger partial charge in [-0.25, -0.2) is 0 Å². The summed E-state index contributed by atoms with van der Waals surface area (Å²) in [5.74, 6) is 1.38. The molecule has 16 heavy (non-hydrogen) atoms. The quantitative estimate of drug-likeness (QED) is 0.667. The summed E-state index contributed by atoms with van der Waals surface area (Å²) >= 11 is 0. The van der Waals surface area contributed by atoms with Crippen LogP contribution in [0.4, 0.5) is 0 Å². The zero-order valence-electron chi connectivity index (χ0n) is 11.2. The standard InChI is InChI=1S/C15H26O/c1-10(2)12-8-13-11(3)6-5-7-15(13,4)14(16)9-12/h10,12,14,16H,5-9H2,1-4H3/t12-,14-,15-/m0/s1. The Morgan fingerprint density at radius 1 is 1.38 bits per heavy atom. The van der Waals surface area contributed by atoms with Crippen LogP contribution in [-0.2, 0) is 0 Å². The van der Waals surface area contributed by atoms with Crippen LogP contribution in [0.25, 0.3) is 0 Å². The maximum Gasteiger partial charge on any atom is 0.0633 e. The van der Waals surface area contributed by atoms with Crippen LogP contribution in [0.15, 0.2) is 11.1 Å². The van der Waals surface area contributed by atoms with Crippen LogP contribution in [0.3, 0.4) is 0 Å². The Morgan fingerprint density at radius 2 is 2.06 bits per heavy atom. The van der Waals surface area contributed by atoms with Crippen LogP contribution in [0.1, 0.15) is 59.8 Å². The minimum absolute atomic E-state index is 0.105. The minimum atomic E-state index is -0.112. The Balaban J connectivity index is 2.31. The number of allylic oxidation sites excluding steroid dienone is 1. The fourth-order valence-electron chi connectivity index (χ4n) is 3.69. The van der Waals surface area contributed by atoms with Crippen molar-refractivity contribution in [1.29, 1.82) is 0 Å². The summed E-state index contributed by atoms with van der Waals surface area (Å²) in [4.78, 5) is 0. The van der Waals surface area contributed by atoms with Gasteiger partial charge in [0, 0.05) is 5.41 Å². The molecule has 0 amide bonds. The second kappa shape index (κ2) is 4.18. The molecule has 0 unspecified atom stereocenters. The van der Waals surface area contributed by atoms with Gasteiger partial charge in [0.2, 0.25) is 0 Å². The monoisotopic (exact) mass is 222 g/mol. The maximum atomic E-state index is 10.5. The van der Waals surface area contributed by atoms with Gasteiger partial charge in [-0.1, -0.05) is 31.9 Å². The number of hydrogen-bond donors (Lipinski definition) is 1. The zero-order chi connectivity index (χ0) is 11.9. The molecule has 2 aliphatic carbocycles. The lowest BCUT2D eigenvalue weighted by Crippen LogP contribution is -2.43. The summed E-state index contributed by atoms with van der Waals surface area (Å²) in [7, 11) is 0. The van der Waals surface area contributed by atoms with Crippen molar-refractivity contribution in [3.05, 3.63) is 11.1 Å². The van der Waals surface area contributed by atoms with Crippen molar-refractivity contribution >= 4 is 0 Å². The van der Waals surface area contributed by atoms with Gasteiger partial charge in [0.25, 0.3) is 0 Å². The van der Waals surface area contributed by atoms with Crippen molar-refractivity contribution in [2.45, 2.75) is 65.9 Å². The molecule has 2 aliphatic rings. The van der Waals surface area contributed by atoms with Crippen molar-refractivity contribution in [3.63, 3.8) is 0 Å². The number of aliphatic hydroxyl groups excluding tert-OH is 1. The molecule has 0 spiro atoms. The van der Waals surface area contributed by atoms with E-state index in [0.29, 0.717) is 11.8 Å². The van der Waals surface area contributed by atoms with Crippen LogP contribution in [-0.4, -0.2) is 11.2 Å². The van der Waals surface area contributed by atoms with E-state index in [0.717, 1.165) is 6.42 Å². The first-order valence-corrected chi connectivity index (χ1v) is 6.82. The van der Waals surface area contributed by atoms with Crippen molar-refractivity contribution in [3.8, 4) is 0 Å². The number of hydrogen-bond acceptors (Lipinski definition) is 1. The second-order valence-electron chi connectivity index (χ2n) is 6.49. The molecule has 0 aromatic rings. The van der Waals surface area contributed by atoms with Gasteiger partial charge in [-0.3, -0.25) is 0 Å². The molecule has 3 atom stereocenters. The molecule has 1 nitrogen and oxygen atoms in total. The molecule has 0 aromatic heterocycles. The van der Waals surface area contributed by atoms with Crippen LogP contribution < -0.4 is 0 Å². The third kappa shape index (κ3) is 1.84. The van der Waals surface area contributed by atoms with E-state index in [2.05, 4.69) is 27.7 Å². The van der Waals surface area contributed by atoms with Gasteiger partial charge in [0.1, 0.15) is 0 Å². The maximum absolute atomic E-state index is 10.5. The lowest BCUT2D eigenvalue weighted by atomic mass is 9.59. The fourth-order valence-corrected chi connectivity index (χ4v) is 3.69. The first-order chi connectivity index (χ1) is 7.45. The molecule has 92 valence electrons. The van der Waals surface area contributed by atoms with E-state index in [1.165, 1.54) is 25.7 Å². The number of aliphatic hydroxyl groups is 1. The van der Waals surface area contributed by atoms with E-state index >= 15 is 0 Å². The van der Waals surface area contributed by atoms with Gasteiger partial charge in [-0.05, 0) is 50.9 Å². The first-order valence-electron chi connectivity index (χ1n) is 6.82. The van der Waals surface area contributed by atoms with Gasteiger partial charge in [-0.15, -0.1) is 0 Å². The molecule has 1 N–H and O–H groups in total. The van der Waals surface area contributed by atoms with E-state index in [-0.39, 0.29) is 11.5 Å². The van der Waals surface area contributed by atoms with Crippen LogP contribution in [0.5, 0.6) is 0 Å². The third-order valence-electron chi connectivity index (χ3n) is 5.12. The van der Waals surface area contributed by atoms with E-state index in [1.807, 2.05) is 0 Å². The van der Waals surface area contributed by atoms with Gasteiger partial charge in [-0.2, -0.15) is 0 Å². The summed E-state index contributed by atoms with van der Waals surface area (Å²) in [6.45, 7) is 9.14. The Morgan fingerprint density at radius 3 is 2.69 bits per heavy atom. The predicted molar refractivity (Wildman–Crippen MR) is 68.2 cm³/mol. The summed E-state index contributed by atoms with van der Waals surface area (Å²) in [5.41, 5.74) is 3.27. The molecular formula is C15H26O. The van der Waals surface area contributed by atoms with Crippen molar-refractivity contribution < 1.29 is 5.11 Å². The van der Waals surface area contributed by atoms with Gasteiger partial charge < -0.3 is 5.11 Å². The smallest absolute Gasteiger partial charge is 0.0633 e. The van der Waals surface area contributed by atoms with E-state index in [9.17, 15) is 5.11 Å². The summed E-state index contributed by atoms with van der Waals surface area (Å²) < 4.78 is 0. The molecule has 0 aromatic carbocycles. The highest BCUT2D eigenvalue weighted by Crippen LogP contribution is 2.52. The van der Waals surface area contributed by atoms with Gasteiger partial charge >= 0.3 is 0 Å².